The van der Waals surface area contributed by atoms with Gasteiger partial charge >= 0.3 is 0 Å². The zero-order valence-electron chi connectivity index (χ0n) is 18.1. The van der Waals surface area contributed by atoms with Crippen molar-refractivity contribution >= 4 is 40.6 Å². The third kappa shape index (κ3) is 4.97. The summed E-state index contributed by atoms with van der Waals surface area (Å²) in [7, 11) is 1.60. The Morgan fingerprint density at radius 2 is 1.97 bits per heavy atom. The number of hydrogen-bond donors (Lipinski definition) is 1. The minimum Gasteiger partial charge on any atom is -0.495 e. The maximum absolute atomic E-state index is 12.8. The zero-order valence-corrected chi connectivity index (χ0v) is 19.6. The first-order valence-corrected chi connectivity index (χ1v) is 12.0. The van der Waals surface area contributed by atoms with Crippen LogP contribution in [-0.4, -0.2) is 32.4 Å². The number of halogens is 1. The lowest BCUT2D eigenvalue weighted by Crippen LogP contribution is -2.23. The monoisotopic (exact) mass is 468 g/mol. The Kier molecular flexibility index (Phi) is 7.12. The van der Waals surface area contributed by atoms with Crippen LogP contribution in [0.3, 0.4) is 0 Å². The van der Waals surface area contributed by atoms with Crippen molar-refractivity contribution in [2.24, 2.45) is 0 Å². The minimum absolute atomic E-state index is 0.130. The number of thioether (sulfide) groups is 1. The smallest absolute Gasteiger partial charge is 0.251 e. The Morgan fingerprint density at radius 1 is 1.16 bits per heavy atom. The number of fused-ring (bicyclic) bond motifs is 1. The van der Waals surface area contributed by atoms with Crippen LogP contribution in [-0.2, 0) is 6.54 Å². The number of hydrogen-bond acceptors (Lipinski definition) is 5. The van der Waals surface area contributed by atoms with E-state index in [0.717, 1.165) is 29.9 Å². The maximum Gasteiger partial charge on any atom is 0.251 e. The van der Waals surface area contributed by atoms with Crippen LogP contribution in [0.2, 0.25) is 5.02 Å². The standard InChI is InChI=1S/C25H25ClN2O3S/c1-30-23-15-19(7-10-21(23)26)28-12-3-13-31-24-14-18(6-11-22(24)28)25(29)27-16-17-4-8-20(32-2)9-5-17/h4-11,14-15H,3,12-13,16H2,1-2H3,(H,27,29). The quantitative estimate of drug-likeness (QED) is 0.455. The number of rotatable bonds is 6. The van der Waals surface area contributed by atoms with E-state index in [2.05, 4.69) is 22.3 Å². The molecule has 1 aliphatic rings. The van der Waals surface area contributed by atoms with E-state index in [1.54, 1.807) is 18.9 Å². The fourth-order valence-corrected chi connectivity index (χ4v) is 4.23. The molecule has 32 heavy (non-hydrogen) atoms. The van der Waals surface area contributed by atoms with Crippen molar-refractivity contribution in [1.29, 1.82) is 0 Å². The molecule has 1 amide bonds. The number of amides is 1. The van der Waals surface area contributed by atoms with Gasteiger partial charge in [0.05, 0.1) is 24.4 Å². The summed E-state index contributed by atoms with van der Waals surface area (Å²) >= 11 is 7.89. The molecule has 0 aromatic heterocycles. The molecule has 0 spiro atoms. The van der Waals surface area contributed by atoms with Crippen LogP contribution in [0.4, 0.5) is 11.4 Å². The summed E-state index contributed by atoms with van der Waals surface area (Å²) < 4.78 is 11.4. The van der Waals surface area contributed by atoms with Gasteiger partial charge in [0, 0.05) is 35.3 Å². The molecule has 3 aromatic rings. The van der Waals surface area contributed by atoms with Crippen LogP contribution in [0.25, 0.3) is 0 Å². The lowest BCUT2D eigenvalue weighted by molar-refractivity contribution is 0.0950. The highest BCUT2D eigenvalue weighted by Gasteiger charge is 2.21. The van der Waals surface area contributed by atoms with E-state index in [1.807, 2.05) is 54.8 Å². The number of ether oxygens (including phenoxy) is 2. The Labute approximate surface area is 197 Å². The molecule has 5 nitrogen and oxygen atoms in total. The van der Waals surface area contributed by atoms with E-state index in [4.69, 9.17) is 21.1 Å². The van der Waals surface area contributed by atoms with Crippen molar-refractivity contribution in [3.63, 3.8) is 0 Å². The van der Waals surface area contributed by atoms with Gasteiger partial charge in [0.2, 0.25) is 0 Å². The summed E-state index contributed by atoms with van der Waals surface area (Å²) in [6.07, 6.45) is 2.90. The molecule has 0 bridgehead atoms. The molecule has 4 rings (SSSR count). The largest absolute Gasteiger partial charge is 0.495 e. The van der Waals surface area contributed by atoms with Gasteiger partial charge in [0.25, 0.3) is 5.91 Å². The van der Waals surface area contributed by atoms with Crippen LogP contribution < -0.4 is 19.7 Å². The maximum atomic E-state index is 12.8. The average molecular weight is 469 g/mol. The number of carbonyl (C=O) groups excluding carboxylic acids is 1. The third-order valence-electron chi connectivity index (χ3n) is 5.35. The molecule has 0 unspecified atom stereocenters. The molecule has 1 aliphatic heterocycles. The molecular formula is C25H25ClN2O3S. The summed E-state index contributed by atoms with van der Waals surface area (Å²) in [5, 5.41) is 3.56. The van der Waals surface area contributed by atoms with Crippen LogP contribution in [0.15, 0.2) is 65.6 Å². The van der Waals surface area contributed by atoms with Crippen molar-refractivity contribution in [3.05, 3.63) is 76.8 Å². The van der Waals surface area contributed by atoms with E-state index >= 15 is 0 Å². The fraction of sp³-hybridized carbons (Fsp3) is 0.240. The van der Waals surface area contributed by atoms with Gasteiger partial charge in [-0.05, 0) is 60.7 Å². The first kappa shape index (κ1) is 22.4. The molecule has 1 N–H and O–H groups in total. The molecule has 0 radical (unpaired) electrons. The van der Waals surface area contributed by atoms with Gasteiger partial charge in [0.15, 0.2) is 0 Å². The molecular weight excluding hydrogens is 444 g/mol. The highest BCUT2D eigenvalue weighted by atomic mass is 35.5. The first-order chi connectivity index (χ1) is 15.6. The number of benzene rings is 3. The summed E-state index contributed by atoms with van der Waals surface area (Å²) in [5.41, 5.74) is 3.50. The van der Waals surface area contributed by atoms with Crippen LogP contribution >= 0.6 is 23.4 Å². The number of methoxy groups -OCH3 is 1. The Balaban J connectivity index is 1.53. The summed E-state index contributed by atoms with van der Waals surface area (Å²) in [6, 6.07) is 19.5. The topological polar surface area (TPSA) is 50.8 Å². The zero-order chi connectivity index (χ0) is 22.5. The Morgan fingerprint density at radius 3 is 2.72 bits per heavy atom. The lowest BCUT2D eigenvalue weighted by Gasteiger charge is -2.25. The average Bonchev–Trinajstić information content (AvgIpc) is 3.05. The molecule has 0 saturated carbocycles. The number of nitrogens with zero attached hydrogens (tertiary/aromatic N) is 1. The third-order valence-corrected chi connectivity index (χ3v) is 6.41. The van der Waals surface area contributed by atoms with Gasteiger partial charge in [-0.1, -0.05) is 23.7 Å². The first-order valence-electron chi connectivity index (χ1n) is 10.4. The van der Waals surface area contributed by atoms with Gasteiger partial charge in [-0.2, -0.15) is 0 Å². The minimum atomic E-state index is -0.130. The van der Waals surface area contributed by atoms with E-state index in [-0.39, 0.29) is 5.91 Å². The van der Waals surface area contributed by atoms with Gasteiger partial charge < -0.3 is 19.7 Å². The second-order valence-corrected chi connectivity index (χ2v) is 8.67. The molecule has 0 saturated heterocycles. The van der Waals surface area contributed by atoms with Crippen LogP contribution in [0, 0.1) is 0 Å². The summed E-state index contributed by atoms with van der Waals surface area (Å²) in [5.74, 6) is 1.18. The van der Waals surface area contributed by atoms with E-state index in [9.17, 15) is 4.79 Å². The van der Waals surface area contributed by atoms with Crippen molar-refractivity contribution < 1.29 is 14.3 Å². The van der Waals surface area contributed by atoms with Crippen LogP contribution in [0.5, 0.6) is 11.5 Å². The number of nitrogens with one attached hydrogen (secondary N) is 1. The number of carbonyl (C=O) groups is 1. The van der Waals surface area contributed by atoms with Gasteiger partial charge in [0.1, 0.15) is 11.5 Å². The van der Waals surface area contributed by atoms with E-state index in [1.165, 1.54) is 4.90 Å². The second-order valence-electron chi connectivity index (χ2n) is 7.39. The molecule has 166 valence electrons. The van der Waals surface area contributed by atoms with Crippen molar-refractivity contribution in [1.82, 2.24) is 5.32 Å². The molecule has 1 heterocycles. The molecule has 3 aromatic carbocycles. The summed E-state index contributed by atoms with van der Waals surface area (Å²) in [6.45, 7) is 1.85. The predicted molar refractivity (Wildman–Crippen MR) is 131 cm³/mol. The fourth-order valence-electron chi connectivity index (χ4n) is 3.63. The predicted octanol–water partition coefficient (Wildman–Crippen LogP) is 5.92. The molecule has 0 atom stereocenters. The Hall–Kier alpha value is -2.83. The van der Waals surface area contributed by atoms with Crippen LogP contribution in [0.1, 0.15) is 22.3 Å². The van der Waals surface area contributed by atoms with E-state index in [0.29, 0.717) is 35.2 Å². The van der Waals surface area contributed by atoms with Crippen molar-refractivity contribution in [2.45, 2.75) is 17.9 Å². The Bertz CT molecular complexity index is 1100. The SMILES string of the molecule is COc1cc(N2CCCOc3cc(C(=O)NCc4ccc(SC)cc4)ccc32)ccc1Cl. The van der Waals surface area contributed by atoms with Gasteiger partial charge in [-0.25, -0.2) is 0 Å². The van der Waals surface area contributed by atoms with E-state index < -0.39 is 0 Å². The summed E-state index contributed by atoms with van der Waals surface area (Å²) in [4.78, 5) is 16.1. The highest BCUT2D eigenvalue weighted by Crippen LogP contribution is 2.39. The number of anilines is 2. The molecule has 0 fully saturated rings. The molecule has 7 heteroatoms. The molecule has 0 aliphatic carbocycles. The van der Waals surface area contributed by atoms with Gasteiger partial charge in [-0.15, -0.1) is 11.8 Å². The normalized spacial score (nSPS) is 13.0. The van der Waals surface area contributed by atoms with Crippen molar-refractivity contribution in [3.8, 4) is 11.5 Å². The second kappa shape index (κ2) is 10.2. The highest BCUT2D eigenvalue weighted by molar-refractivity contribution is 7.98. The van der Waals surface area contributed by atoms with Gasteiger partial charge in [-0.3, -0.25) is 4.79 Å². The lowest BCUT2D eigenvalue weighted by atomic mass is 10.1. The van der Waals surface area contributed by atoms with Crippen molar-refractivity contribution in [2.75, 3.05) is 31.4 Å².